The number of carbonyl (C=O) groups is 1. The van der Waals surface area contributed by atoms with Crippen LogP contribution in [0.3, 0.4) is 0 Å². The lowest BCUT2D eigenvalue weighted by Crippen LogP contribution is -2.42. The van der Waals surface area contributed by atoms with Gasteiger partial charge in [0.1, 0.15) is 0 Å². The first-order valence-corrected chi connectivity index (χ1v) is 11.5. The van der Waals surface area contributed by atoms with Gasteiger partial charge in [0.2, 0.25) is 21.8 Å². The van der Waals surface area contributed by atoms with E-state index >= 15 is 0 Å². The normalized spacial score (nSPS) is 16.8. The number of rotatable bonds is 6. The van der Waals surface area contributed by atoms with Crippen molar-refractivity contribution in [3.63, 3.8) is 0 Å². The molecule has 1 amide bonds. The van der Waals surface area contributed by atoms with E-state index in [1.54, 1.807) is 6.08 Å². The molecule has 0 spiro atoms. The minimum Gasteiger partial charge on any atom is -0.348 e. The Morgan fingerprint density at radius 1 is 1.23 bits per heavy atom. The van der Waals surface area contributed by atoms with Crippen molar-refractivity contribution in [2.75, 3.05) is 13.1 Å². The molecule has 0 saturated carbocycles. The summed E-state index contributed by atoms with van der Waals surface area (Å²) >= 11 is 0. The summed E-state index contributed by atoms with van der Waals surface area (Å²) in [6.07, 6.45) is 2.54. The van der Waals surface area contributed by atoms with Gasteiger partial charge in [0.05, 0.1) is 6.54 Å². The molecule has 1 N–H and O–H groups in total. The van der Waals surface area contributed by atoms with Crippen molar-refractivity contribution >= 4 is 22.0 Å². The lowest BCUT2D eigenvalue weighted by atomic mass is 9.97. The van der Waals surface area contributed by atoms with Crippen LogP contribution in [-0.2, 0) is 26.8 Å². The first kappa shape index (κ1) is 22.2. The molecule has 162 valence electrons. The Bertz CT molecular complexity index is 986. The van der Waals surface area contributed by atoms with Gasteiger partial charge in [-0.05, 0) is 24.5 Å². The lowest BCUT2D eigenvalue weighted by Gasteiger charge is -2.29. The smallest absolute Gasteiger partial charge is 0.236 e. The Balaban J connectivity index is 1.49. The van der Waals surface area contributed by atoms with Gasteiger partial charge in [0.25, 0.3) is 0 Å². The number of nitrogens with zero attached hydrogens (tertiary/aromatic N) is 3. The summed E-state index contributed by atoms with van der Waals surface area (Å²) in [6.45, 7) is 6.74. The van der Waals surface area contributed by atoms with Crippen LogP contribution in [-0.4, -0.2) is 41.9 Å². The van der Waals surface area contributed by atoms with E-state index in [0.717, 1.165) is 5.56 Å². The Labute approximate surface area is 177 Å². The van der Waals surface area contributed by atoms with Gasteiger partial charge in [-0.25, -0.2) is 8.42 Å². The van der Waals surface area contributed by atoms with Crippen LogP contribution in [0.5, 0.6) is 0 Å². The molecule has 1 saturated heterocycles. The number of nitrogens with one attached hydrogen (secondary N) is 1. The second-order valence-corrected chi connectivity index (χ2v) is 10.2. The highest BCUT2D eigenvalue weighted by Crippen LogP contribution is 2.22. The van der Waals surface area contributed by atoms with Gasteiger partial charge < -0.3 is 9.84 Å². The topological polar surface area (TPSA) is 105 Å². The van der Waals surface area contributed by atoms with E-state index in [1.807, 2.05) is 51.1 Å². The van der Waals surface area contributed by atoms with Crippen LogP contribution in [0.25, 0.3) is 6.08 Å². The molecule has 2 aromatic rings. The Morgan fingerprint density at radius 3 is 2.50 bits per heavy atom. The van der Waals surface area contributed by atoms with Crippen molar-refractivity contribution in [3.05, 3.63) is 53.0 Å². The number of aromatic nitrogens is 2. The highest BCUT2D eigenvalue weighted by Gasteiger charge is 2.30. The quantitative estimate of drug-likeness (QED) is 0.752. The maximum absolute atomic E-state index is 12.5. The SMILES string of the molecule is CC(C)(C)c1nc(CNC(=O)C2CCN(S(=O)(=O)/C=C/c3ccccc3)CC2)no1. The average molecular weight is 433 g/mol. The molecule has 0 unspecified atom stereocenters. The highest BCUT2D eigenvalue weighted by atomic mass is 32.2. The number of sulfonamides is 1. The molecule has 1 fully saturated rings. The largest absolute Gasteiger partial charge is 0.348 e. The van der Waals surface area contributed by atoms with E-state index in [2.05, 4.69) is 15.5 Å². The van der Waals surface area contributed by atoms with Crippen LogP contribution in [0, 0.1) is 5.92 Å². The predicted molar refractivity (Wildman–Crippen MR) is 114 cm³/mol. The molecule has 3 rings (SSSR count). The third-order valence-electron chi connectivity index (χ3n) is 4.95. The van der Waals surface area contributed by atoms with Gasteiger partial charge in [0.15, 0.2) is 5.82 Å². The van der Waals surface area contributed by atoms with Crippen molar-refractivity contribution in [2.45, 2.75) is 45.6 Å². The molecule has 2 heterocycles. The van der Waals surface area contributed by atoms with E-state index in [4.69, 9.17) is 4.52 Å². The van der Waals surface area contributed by atoms with Crippen LogP contribution in [0.4, 0.5) is 0 Å². The molecule has 0 atom stereocenters. The molecule has 30 heavy (non-hydrogen) atoms. The zero-order valence-corrected chi connectivity index (χ0v) is 18.4. The minimum atomic E-state index is -3.51. The van der Waals surface area contributed by atoms with E-state index < -0.39 is 10.0 Å². The van der Waals surface area contributed by atoms with Gasteiger partial charge in [0, 0.05) is 29.8 Å². The third kappa shape index (κ3) is 5.76. The van der Waals surface area contributed by atoms with E-state index in [0.29, 0.717) is 37.6 Å². The first-order chi connectivity index (χ1) is 14.1. The minimum absolute atomic E-state index is 0.117. The van der Waals surface area contributed by atoms with Gasteiger partial charge in [-0.15, -0.1) is 0 Å². The first-order valence-electron chi connectivity index (χ1n) is 9.99. The number of piperidine rings is 1. The van der Waals surface area contributed by atoms with Crippen LogP contribution in [0.15, 0.2) is 40.3 Å². The van der Waals surface area contributed by atoms with Gasteiger partial charge in [-0.2, -0.15) is 9.29 Å². The zero-order chi connectivity index (χ0) is 21.8. The molecule has 0 aliphatic carbocycles. The molecule has 0 radical (unpaired) electrons. The maximum atomic E-state index is 12.5. The van der Waals surface area contributed by atoms with E-state index in [-0.39, 0.29) is 23.8 Å². The van der Waals surface area contributed by atoms with Crippen molar-refractivity contribution < 1.29 is 17.7 Å². The molecule has 9 heteroatoms. The Kier molecular flexibility index (Phi) is 6.72. The predicted octanol–water partition coefficient (Wildman–Crippen LogP) is 2.70. The number of hydrogen-bond donors (Lipinski definition) is 1. The summed E-state index contributed by atoms with van der Waals surface area (Å²) in [5, 5.41) is 7.95. The molecule has 8 nitrogen and oxygen atoms in total. The van der Waals surface area contributed by atoms with Crippen molar-refractivity contribution in [1.82, 2.24) is 19.8 Å². The molecule has 1 aliphatic rings. The summed E-state index contributed by atoms with van der Waals surface area (Å²) < 4.78 is 31.7. The molecule has 0 bridgehead atoms. The summed E-state index contributed by atoms with van der Waals surface area (Å²) in [4.78, 5) is 16.8. The second kappa shape index (κ2) is 9.09. The molecular weight excluding hydrogens is 404 g/mol. The lowest BCUT2D eigenvalue weighted by molar-refractivity contribution is -0.126. The fourth-order valence-electron chi connectivity index (χ4n) is 3.13. The van der Waals surface area contributed by atoms with Crippen LogP contribution >= 0.6 is 0 Å². The fraction of sp³-hybridized carbons (Fsp3) is 0.476. The molecule has 1 aromatic heterocycles. The van der Waals surface area contributed by atoms with Gasteiger partial charge >= 0.3 is 0 Å². The number of benzene rings is 1. The van der Waals surface area contributed by atoms with Crippen molar-refractivity contribution in [3.8, 4) is 0 Å². The number of amides is 1. The number of carbonyl (C=O) groups excluding carboxylic acids is 1. The summed E-state index contributed by atoms with van der Waals surface area (Å²) in [5.41, 5.74) is 0.578. The monoisotopic (exact) mass is 432 g/mol. The highest BCUT2D eigenvalue weighted by molar-refractivity contribution is 7.92. The van der Waals surface area contributed by atoms with Gasteiger partial charge in [-0.1, -0.05) is 56.3 Å². The molecule has 1 aromatic carbocycles. The van der Waals surface area contributed by atoms with Crippen LogP contribution < -0.4 is 5.32 Å². The Morgan fingerprint density at radius 2 is 1.90 bits per heavy atom. The second-order valence-electron chi connectivity index (χ2n) is 8.42. The standard InChI is InChI=1S/C21H28N4O4S/c1-21(2,3)20-23-18(24-29-20)15-22-19(26)17-9-12-25(13-10-17)30(27,28)14-11-16-7-5-4-6-8-16/h4-8,11,14,17H,9-10,12-13,15H2,1-3H3,(H,22,26)/b14-11+. The summed E-state index contributed by atoms with van der Waals surface area (Å²) in [5.74, 6) is 0.602. The third-order valence-corrected chi connectivity index (χ3v) is 6.51. The summed E-state index contributed by atoms with van der Waals surface area (Å²) in [7, 11) is -3.51. The maximum Gasteiger partial charge on any atom is 0.236 e. The van der Waals surface area contributed by atoms with E-state index in [1.165, 1.54) is 9.71 Å². The zero-order valence-electron chi connectivity index (χ0n) is 17.5. The Hall–Kier alpha value is -2.52. The molecular formula is C21H28N4O4S. The summed E-state index contributed by atoms with van der Waals surface area (Å²) in [6, 6.07) is 9.28. The van der Waals surface area contributed by atoms with Crippen LogP contribution in [0.1, 0.15) is 50.9 Å². The van der Waals surface area contributed by atoms with Gasteiger partial charge in [-0.3, -0.25) is 4.79 Å². The van der Waals surface area contributed by atoms with Crippen molar-refractivity contribution in [2.24, 2.45) is 5.92 Å². The molecule has 1 aliphatic heterocycles. The van der Waals surface area contributed by atoms with Crippen LogP contribution in [0.2, 0.25) is 0 Å². The van der Waals surface area contributed by atoms with Crippen molar-refractivity contribution in [1.29, 1.82) is 0 Å². The number of hydrogen-bond acceptors (Lipinski definition) is 6. The average Bonchev–Trinajstić information content (AvgIpc) is 3.21. The fourth-order valence-corrected chi connectivity index (χ4v) is 4.35. The van der Waals surface area contributed by atoms with E-state index in [9.17, 15) is 13.2 Å².